The standard InChI is InChI=1S/C21H28N2O4/c1-14-12-23(11-8-17(14)24)20(26)15-6-9-21(10-7-15)13-22-19(25)16-4-2-3-5-18(16)27-21/h2-5,14-15,17,24H,6-13H2,1H3,(H,22,25)/t14-,15?,17+,21?/m0/s1. The summed E-state index contributed by atoms with van der Waals surface area (Å²) in [6.45, 7) is 3.77. The van der Waals surface area contributed by atoms with Crippen LogP contribution in [0.25, 0.3) is 0 Å². The predicted molar refractivity (Wildman–Crippen MR) is 100 cm³/mol. The van der Waals surface area contributed by atoms with Gasteiger partial charge in [-0.05, 0) is 50.2 Å². The third kappa shape index (κ3) is 3.55. The number of aliphatic hydroxyl groups is 1. The van der Waals surface area contributed by atoms with Crippen LogP contribution in [-0.4, -0.2) is 53.2 Å². The molecule has 3 aliphatic rings. The van der Waals surface area contributed by atoms with Crippen molar-refractivity contribution in [1.82, 2.24) is 10.2 Å². The lowest BCUT2D eigenvalue weighted by Gasteiger charge is -2.41. The van der Waals surface area contributed by atoms with E-state index in [1.54, 1.807) is 6.07 Å². The van der Waals surface area contributed by atoms with E-state index < -0.39 is 5.60 Å². The van der Waals surface area contributed by atoms with Crippen molar-refractivity contribution in [3.63, 3.8) is 0 Å². The molecule has 2 heterocycles. The fourth-order valence-corrected chi connectivity index (χ4v) is 4.61. The van der Waals surface area contributed by atoms with Crippen molar-refractivity contribution in [1.29, 1.82) is 0 Å². The number of ether oxygens (including phenoxy) is 1. The summed E-state index contributed by atoms with van der Waals surface area (Å²) < 4.78 is 6.32. The number of rotatable bonds is 1. The molecule has 0 bridgehead atoms. The van der Waals surface area contributed by atoms with Crippen molar-refractivity contribution in [3.05, 3.63) is 29.8 Å². The van der Waals surface area contributed by atoms with Crippen LogP contribution in [0.3, 0.4) is 0 Å². The summed E-state index contributed by atoms with van der Waals surface area (Å²) >= 11 is 0. The van der Waals surface area contributed by atoms with E-state index in [0.29, 0.717) is 37.4 Å². The van der Waals surface area contributed by atoms with E-state index in [-0.39, 0.29) is 29.8 Å². The second-order valence-electron chi connectivity index (χ2n) is 8.36. The van der Waals surface area contributed by atoms with Gasteiger partial charge in [0.2, 0.25) is 5.91 Å². The molecular formula is C21H28N2O4. The van der Waals surface area contributed by atoms with Gasteiger partial charge in [0, 0.05) is 19.0 Å². The number of hydrogen-bond donors (Lipinski definition) is 2. The normalized spacial score (nSPS) is 33.6. The first-order valence-corrected chi connectivity index (χ1v) is 10.0. The SMILES string of the molecule is C[C@H]1CN(C(=O)C2CCC3(CC2)CNC(=O)c2ccccc2O3)CC[C@H]1O. The van der Waals surface area contributed by atoms with E-state index in [1.165, 1.54) is 0 Å². The van der Waals surface area contributed by atoms with Gasteiger partial charge in [0.15, 0.2) is 0 Å². The average molecular weight is 372 g/mol. The van der Waals surface area contributed by atoms with Gasteiger partial charge in [0.25, 0.3) is 5.91 Å². The van der Waals surface area contributed by atoms with Crippen molar-refractivity contribution in [3.8, 4) is 5.75 Å². The van der Waals surface area contributed by atoms with Crippen molar-refractivity contribution in [2.75, 3.05) is 19.6 Å². The van der Waals surface area contributed by atoms with Crippen LogP contribution < -0.4 is 10.1 Å². The number of aliphatic hydroxyl groups excluding tert-OH is 1. The number of nitrogens with one attached hydrogen (secondary N) is 1. The van der Waals surface area contributed by atoms with Crippen LogP contribution >= 0.6 is 0 Å². The molecule has 1 saturated carbocycles. The zero-order chi connectivity index (χ0) is 19.0. The van der Waals surface area contributed by atoms with E-state index in [1.807, 2.05) is 30.0 Å². The molecule has 0 aromatic heterocycles. The van der Waals surface area contributed by atoms with Crippen molar-refractivity contribution in [2.45, 2.75) is 50.7 Å². The van der Waals surface area contributed by atoms with E-state index >= 15 is 0 Å². The maximum Gasteiger partial charge on any atom is 0.255 e. The molecule has 1 saturated heterocycles. The maximum absolute atomic E-state index is 12.9. The van der Waals surface area contributed by atoms with Crippen LogP contribution in [-0.2, 0) is 4.79 Å². The minimum absolute atomic E-state index is 0.0101. The Kier molecular flexibility index (Phi) is 4.84. The number of nitrogens with zero attached hydrogens (tertiary/aromatic N) is 1. The first-order valence-electron chi connectivity index (χ1n) is 10.0. The van der Waals surface area contributed by atoms with Gasteiger partial charge < -0.3 is 20.1 Å². The second-order valence-corrected chi connectivity index (χ2v) is 8.36. The molecule has 2 N–H and O–H groups in total. The lowest BCUT2D eigenvalue weighted by atomic mass is 9.77. The molecule has 0 radical (unpaired) electrons. The molecule has 2 aliphatic heterocycles. The van der Waals surface area contributed by atoms with E-state index in [0.717, 1.165) is 25.7 Å². The van der Waals surface area contributed by atoms with Crippen LogP contribution in [0.4, 0.5) is 0 Å². The molecule has 1 aliphatic carbocycles. The first kappa shape index (κ1) is 18.3. The van der Waals surface area contributed by atoms with Gasteiger partial charge in [-0.2, -0.15) is 0 Å². The highest BCUT2D eigenvalue weighted by Gasteiger charge is 2.43. The minimum Gasteiger partial charge on any atom is -0.485 e. The number of para-hydroxylation sites is 1. The molecule has 2 amide bonds. The molecule has 146 valence electrons. The number of piperidine rings is 1. The van der Waals surface area contributed by atoms with Crippen LogP contribution in [0, 0.1) is 11.8 Å². The molecular weight excluding hydrogens is 344 g/mol. The van der Waals surface area contributed by atoms with Crippen molar-refractivity contribution >= 4 is 11.8 Å². The number of carbonyl (C=O) groups excluding carboxylic acids is 2. The van der Waals surface area contributed by atoms with Gasteiger partial charge in [0.1, 0.15) is 11.4 Å². The summed E-state index contributed by atoms with van der Waals surface area (Å²) in [5.41, 5.74) is 0.151. The number of benzene rings is 1. The fraction of sp³-hybridized carbons (Fsp3) is 0.619. The first-order chi connectivity index (χ1) is 13.0. The number of hydrogen-bond acceptors (Lipinski definition) is 4. The van der Waals surface area contributed by atoms with Crippen LogP contribution in [0.2, 0.25) is 0 Å². The Labute approximate surface area is 159 Å². The molecule has 4 rings (SSSR count). The molecule has 6 heteroatoms. The summed E-state index contributed by atoms with van der Waals surface area (Å²) in [7, 11) is 0. The Balaban J connectivity index is 1.41. The van der Waals surface area contributed by atoms with Crippen molar-refractivity contribution < 1.29 is 19.4 Å². The Morgan fingerprint density at radius 2 is 2.00 bits per heavy atom. The molecule has 1 aromatic rings. The van der Waals surface area contributed by atoms with E-state index in [4.69, 9.17) is 4.74 Å². The summed E-state index contributed by atoms with van der Waals surface area (Å²) in [5.74, 6) is 0.893. The number of carbonyl (C=O) groups is 2. The number of likely N-dealkylation sites (tertiary alicyclic amines) is 1. The minimum atomic E-state index is -0.426. The zero-order valence-electron chi connectivity index (χ0n) is 15.8. The van der Waals surface area contributed by atoms with Gasteiger partial charge in [-0.15, -0.1) is 0 Å². The Morgan fingerprint density at radius 1 is 1.26 bits per heavy atom. The van der Waals surface area contributed by atoms with Gasteiger partial charge in [-0.3, -0.25) is 9.59 Å². The molecule has 27 heavy (non-hydrogen) atoms. The molecule has 1 aromatic carbocycles. The van der Waals surface area contributed by atoms with Gasteiger partial charge in [-0.25, -0.2) is 0 Å². The lowest BCUT2D eigenvalue weighted by Crippen LogP contribution is -2.51. The molecule has 0 unspecified atom stereocenters. The predicted octanol–water partition coefficient (Wildman–Crippen LogP) is 1.97. The largest absolute Gasteiger partial charge is 0.485 e. The van der Waals surface area contributed by atoms with E-state index in [9.17, 15) is 14.7 Å². The van der Waals surface area contributed by atoms with E-state index in [2.05, 4.69) is 5.32 Å². The Bertz CT molecular complexity index is 727. The van der Waals surface area contributed by atoms with Crippen LogP contribution in [0.15, 0.2) is 24.3 Å². The third-order valence-corrected chi connectivity index (χ3v) is 6.45. The molecule has 2 atom stereocenters. The number of amides is 2. The second kappa shape index (κ2) is 7.15. The van der Waals surface area contributed by atoms with Crippen molar-refractivity contribution in [2.24, 2.45) is 11.8 Å². The van der Waals surface area contributed by atoms with Gasteiger partial charge >= 0.3 is 0 Å². The Hall–Kier alpha value is -2.08. The molecule has 1 spiro atoms. The van der Waals surface area contributed by atoms with Gasteiger partial charge in [0.05, 0.1) is 18.2 Å². The Morgan fingerprint density at radius 3 is 2.74 bits per heavy atom. The highest BCUT2D eigenvalue weighted by atomic mass is 16.5. The lowest BCUT2D eigenvalue weighted by molar-refractivity contribution is -0.141. The van der Waals surface area contributed by atoms with Crippen LogP contribution in [0.5, 0.6) is 5.75 Å². The smallest absolute Gasteiger partial charge is 0.255 e. The summed E-state index contributed by atoms with van der Waals surface area (Å²) in [6.07, 6.45) is 3.41. The quantitative estimate of drug-likeness (QED) is 0.790. The third-order valence-electron chi connectivity index (χ3n) is 6.45. The maximum atomic E-state index is 12.9. The monoisotopic (exact) mass is 372 g/mol. The molecule has 2 fully saturated rings. The summed E-state index contributed by atoms with van der Waals surface area (Å²) in [5, 5.41) is 12.9. The highest BCUT2D eigenvalue weighted by molar-refractivity contribution is 5.97. The average Bonchev–Trinajstić information content (AvgIpc) is 2.81. The fourth-order valence-electron chi connectivity index (χ4n) is 4.61. The number of fused-ring (bicyclic) bond motifs is 1. The topological polar surface area (TPSA) is 78.9 Å². The summed E-state index contributed by atoms with van der Waals surface area (Å²) in [6, 6.07) is 7.35. The van der Waals surface area contributed by atoms with Crippen LogP contribution in [0.1, 0.15) is 49.4 Å². The summed E-state index contributed by atoms with van der Waals surface area (Å²) in [4.78, 5) is 27.1. The zero-order valence-corrected chi connectivity index (χ0v) is 15.8. The molecule has 6 nitrogen and oxygen atoms in total. The van der Waals surface area contributed by atoms with Gasteiger partial charge in [-0.1, -0.05) is 19.1 Å². The highest BCUT2D eigenvalue weighted by Crippen LogP contribution is 2.39.